The smallest absolute Gasteiger partial charge is 0.0193 e. The van der Waals surface area contributed by atoms with Crippen LogP contribution in [0.15, 0.2) is 0 Å². The zero-order valence-electron chi connectivity index (χ0n) is 5.35. The lowest BCUT2D eigenvalue weighted by Crippen LogP contribution is -2.15. The second kappa shape index (κ2) is 2.46. The summed E-state index contributed by atoms with van der Waals surface area (Å²) in [5.41, 5.74) is 5.54. The van der Waals surface area contributed by atoms with E-state index in [1.807, 2.05) is 0 Å². The van der Waals surface area contributed by atoms with Crippen molar-refractivity contribution in [1.29, 1.82) is 0 Å². The van der Waals surface area contributed by atoms with Crippen LogP contribution in [0.2, 0.25) is 0 Å². The van der Waals surface area contributed by atoms with E-state index in [9.17, 15) is 0 Å². The van der Waals surface area contributed by atoms with Gasteiger partial charge in [0.25, 0.3) is 0 Å². The van der Waals surface area contributed by atoms with Gasteiger partial charge in [0, 0.05) is 18.6 Å². The van der Waals surface area contributed by atoms with Crippen LogP contribution >= 0.6 is 0 Å². The molecule has 0 saturated carbocycles. The number of rotatable bonds is 3. The molecule has 0 spiro atoms. The molecule has 2 atom stereocenters. The van der Waals surface area contributed by atoms with Crippen LogP contribution in [0.4, 0.5) is 0 Å². The SMILES string of the molecule is CC(N)CCC1CN1. The Morgan fingerprint density at radius 1 is 1.88 bits per heavy atom. The number of hydrogen-bond acceptors (Lipinski definition) is 2. The van der Waals surface area contributed by atoms with Crippen LogP contribution in [0.5, 0.6) is 0 Å². The minimum absolute atomic E-state index is 0.386. The minimum atomic E-state index is 0.386. The van der Waals surface area contributed by atoms with Gasteiger partial charge >= 0.3 is 0 Å². The van der Waals surface area contributed by atoms with Crippen molar-refractivity contribution in [3.05, 3.63) is 0 Å². The molecule has 0 aliphatic carbocycles. The van der Waals surface area contributed by atoms with Gasteiger partial charge in [-0.1, -0.05) is 0 Å². The first kappa shape index (κ1) is 6.05. The van der Waals surface area contributed by atoms with Gasteiger partial charge in [-0.3, -0.25) is 0 Å². The Bertz CT molecular complexity index is 64.9. The Kier molecular flexibility index (Phi) is 1.86. The molecule has 1 aliphatic heterocycles. The zero-order chi connectivity index (χ0) is 5.98. The molecule has 1 saturated heterocycles. The van der Waals surface area contributed by atoms with E-state index in [0.717, 1.165) is 12.5 Å². The summed E-state index contributed by atoms with van der Waals surface area (Å²) in [7, 11) is 0. The van der Waals surface area contributed by atoms with Crippen LogP contribution in [0.25, 0.3) is 0 Å². The molecule has 1 rings (SSSR count). The Hall–Kier alpha value is -0.0800. The molecule has 2 heteroatoms. The van der Waals surface area contributed by atoms with Crippen molar-refractivity contribution in [3.8, 4) is 0 Å². The molecule has 2 nitrogen and oxygen atoms in total. The molecule has 0 aromatic rings. The second-order valence-electron chi connectivity index (χ2n) is 2.66. The van der Waals surface area contributed by atoms with E-state index in [0.29, 0.717) is 6.04 Å². The fourth-order valence-corrected chi connectivity index (χ4v) is 0.752. The lowest BCUT2D eigenvalue weighted by molar-refractivity contribution is 0.619. The molecule has 2 unspecified atom stereocenters. The first-order chi connectivity index (χ1) is 3.79. The van der Waals surface area contributed by atoms with Crippen molar-refractivity contribution in [2.45, 2.75) is 31.8 Å². The first-order valence-corrected chi connectivity index (χ1v) is 3.28. The molecule has 0 radical (unpaired) electrons. The molecular weight excluding hydrogens is 100 g/mol. The summed E-state index contributed by atoms with van der Waals surface area (Å²) in [5.74, 6) is 0. The van der Waals surface area contributed by atoms with E-state index >= 15 is 0 Å². The normalized spacial score (nSPS) is 30.0. The van der Waals surface area contributed by atoms with Crippen molar-refractivity contribution in [2.24, 2.45) is 5.73 Å². The lowest BCUT2D eigenvalue weighted by atomic mass is 10.1. The Morgan fingerprint density at radius 2 is 2.50 bits per heavy atom. The van der Waals surface area contributed by atoms with Gasteiger partial charge in [-0.05, 0) is 19.8 Å². The average Bonchev–Trinajstić information content (AvgIpc) is 2.41. The molecule has 8 heavy (non-hydrogen) atoms. The van der Waals surface area contributed by atoms with E-state index in [4.69, 9.17) is 5.73 Å². The Morgan fingerprint density at radius 3 is 2.88 bits per heavy atom. The van der Waals surface area contributed by atoms with Crippen LogP contribution in [-0.4, -0.2) is 18.6 Å². The summed E-state index contributed by atoms with van der Waals surface area (Å²) in [6, 6.07) is 1.19. The van der Waals surface area contributed by atoms with Crippen molar-refractivity contribution >= 4 is 0 Å². The zero-order valence-corrected chi connectivity index (χ0v) is 5.35. The summed E-state index contributed by atoms with van der Waals surface area (Å²) in [6.45, 7) is 3.27. The van der Waals surface area contributed by atoms with E-state index in [1.165, 1.54) is 13.0 Å². The van der Waals surface area contributed by atoms with Crippen molar-refractivity contribution in [1.82, 2.24) is 5.32 Å². The number of hydrogen-bond donors (Lipinski definition) is 2. The summed E-state index contributed by atoms with van der Waals surface area (Å²) in [5, 5.41) is 3.23. The molecule has 1 aliphatic rings. The monoisotopic (exact) mass is 114 g/mol. The summed E-state index contributed by atoms with van der Waals surface area (Å²) >= 11 is 0. The highest BCUT2D eigenvalue weighted by Gasteiger charge is 2.18. The van der Waals surface area contributed by atoms with Gasteiger partial charge in [-0.25, -0.2) is 0 Å². The molecule has 1 fully saturated rings. The molecule has 0 amide bonds. The van der Waals surface area contributed by atoms with Crippen LogP contribution < -0.4 is 11.1 Å². The predicted molar refractivity (Wildman–Crippen MR) is 34.7 cm³/mol. The predicted octanol–water partition coefficient (Wildman–Crippen LogP) is 0.0856. The standard InChI is InChI=1S/C6H14N2/c1-5(7)2-3-6-4-8-6/h5-6,8H,2-4,7H2,1H3. The van der Waals surface area contributed by atoms with Gasteiger partial charge in [0.05, 0.1) is 0 Å². The topological polar surface area (TPSA) is 48.0 Å². The number of nitrogens with one attached hydrogen (secondary N) is 1. The van der Waals surface area contributed by atoms with Gasteiger partial charge in [0.2, 0.25) is 0 Å². The highest BCUT2D eigenvalue weighted by molar-refractivity contribution is 4.83. The van der Waals surface area contributed by atoms with Gasteiger partial charge in [-0.2, -0.15) is 0 Å². The van der Waals surface area contributed by atoms with Gasteiger partial charge in [0.1, 0.15) is 0 Å². The average molecular weight is 114 g/mol. The lowest BCUT2D eigenvalue weighted by Gasteiger charge is -2.00. The summed E-state index contributed by atoms with van der Waals surface area (Å²) in [6.07, 6.45) is 2.43. The summed E-state index contributed by atoms with van der Waals surface area (Å²) < 4.78 is 0. The second-order valence-corrected chi connectivity index (χ2v) is 2.66. The van der Waals surface area contributed by atoms with E-state index < -0.39 is 0 Å². The molecule has 48 valence electrons. The summed E-state index contributed by atoms with van der Waals surface area (Å²) in [4.78, 5) is 0. The fourth-order valence-electron chi connectivity index (χ4n) is 0.752. The molecular formula is C6H14N2. The van der Waals surface area contributed by atoms with Gasteiger partial charge < -0.3 is 11.1 Å². The molecule has 3 N–H and O–H groups in total. The fraction of sp³-hybridized carbons (Fsp3) is 1.00. The van der Waals surface area contributed by atoms with E-state index in [1.54, 1.807) is 0 Å². The van der Waals surface area contributed by atoms with Gasteiger partial charge in [0.15, 0.2) is 0 Å². The van der Waals surface area contributed by atoms with Crippen LogP contribution in [-0.2, 0) is 0 Å². The van der Waals surface area contributed by atoms with Crippen LogP contribution in [0, 0.1) is 0 Å². The van der Waals surface area contributed by atoms with Crippen molar-refractivity contribution < 1.29 is 0 Å². The maximum atomic E-state index is 5.54. The minimum Gasteiger partial charge on any atom is -0.328 e. The maximum Gasteiger partial charge on any atom is 0.0193 e. The van der Waals surface area contributed by atoms with Crippen LogP contribution in [0.3, 0.4) is 0 Å². The third-order valence-electron chi connectivity index (χ3n) is 1.46. The van der Waals surface area contributed by atoms with Gasteiger partial charge in [-0.15, -0.1) is 0 Å². The molecule has 1 heterocycles. The highest BCUT2D eigenvalue weighted by Crippen LogP contribution is 2.06. The highest BCUT2D eigenvalue weighted by atomic mass is 15.1. The quantitative estimate of drug-likeness (QED) is 0.511. The largest absolute Gasteiger partial charge is 0.328 e. The maximum absolute atomic E-state index is 5.54. The van der Waals surface area contributed by atoms with Crippen molar-refractivity contribution in [3.63, 3.8) is 0 Å². The molecule has 0 bridgehead atoms. The van der Waals surface area contributed by atoms with Crippen molar-refractivity contribution in [2.75, 3.05) is 6.54 Å². The van der Waals surface area contributed by atoms with E-state index in [-0.39, 0.29) is 0 Å². The van der Waals surface area contributed by atoms with E-state index in [2.05, 4.69) is 12.2 Å². The Balaban J connectivity index is 1.87. The third-order valence-corrected chi connectivity index (χ3v) is 1.46. The van der Waals surface area contributed by atoms with Crippen LogP contribution in [0.1, 0.15) is 19.8 Å². The number of nitrogens with two attached hydrogens (primary N) is 1. The third kappa shape index (κ3) is 2.28. The molecule has 0 aromatic carbocycles. The first-order valence-electron chi connectivity index (χ1n) is 3.28. The Labute approximate surface area is 50.4 Å². The molecule has 0 aromatic heterocycles.